The van der Waals surface area contributed by atoms with Crippen LogP contribution in [0.25, 0.3) is 0 Å². The molecular formula is C9H17ClO. The first kappa shape index (κ1) is 9.34. The molecule has 0 amide bonds. The molecule has 0 unspecified atom stereocenters. The maximum atomic E-state index is 5.94. The molecule has 0 radical (unpaired) electrons. The summed E-state index contributed by atoms with van der Waals surface area (Å²) in [5.41, 5.74) is 0.428. The minimum absolute atomic E-state index is 0.428. The van der Waals surface area contributed by atoms with Crippen molar-refractivity contribution in [1.29, 1.82) is 0 Å². The normalized spacial score (nSPS) is 22.4. The van der Waals surface area contributed by atoms with E-state index in [1.165, 1.54) is 25.7 Å². The molecule has 0 heterocycles. The Morgan fingerprint density at radius 2 is 2.00 bits per heavy atom. The lowest BCUT2D eigenvalue weighted by atomic mass is 9.85. The monoisotopic (exact) mass is 176 g/mol. The van der Waals surface area contributed by atoms with E-state index in [0.717, 1.165) is 18.9 Å². The lowest BCUT2D eigenvalue weighted by molar-refractivity contribution is 0.148. The second kappa shape index (κ2) is 4.32. The third kappa shape index (κ3) is 2.34. The molecule has 11 heavy (non-hydrogen) atoms. The third-order valence-corrected chi connectivity index (χ3v) is 3.35. The third-order valence-electron chi connectivity index (χ3n) is 2.78. The highest BCUT2D eigenvalue weighted by Gasteiger charge is 2.32. The highest BCUT2D eigenvalue weighted by molar-refractivity contribution is 6.18. The van der Waals surface area contributed by atoms with Crippen LogP contribution in [0.2, 0.25) is 0 Å². The van der Waals surface area contributed by atoms with Crippen LogP contribution in [0.1, 0.15) is 32.1 Å². The van der Waals surface area contributed by atoms with Crippen molar-refractivity contribution in [3.8, 4) is 0 Å². The summed E-state index contributed by atoms with van der Waals surface area (Å²) >= 11 is 5.94. The largest absolute Gasteiger partial charge is 0.385 e. The summed E-state index contributed by atoms with van der Waals surface area (Å²) in [6.45, 7) is 0.868. The van der Waals surface area contributed by atoms with Gasteiger partial charge in [-0.05, 0) is 24.7 Å². The first-order chi connectivity index (χ1) is 5.33. The Kier molecular flexibility index (Phi) is 3.67. The van der Waals surface area contributed by atoms with E-state index in [4.69, 9.17) is 16.3 Å². The van der Waals surface area contributed by atoms with Crippen LogP contribution in [-0.4, -0.2) is 19.6 Å². The van der Waals surface area contributed by atoms with Crippen LogP contribution < -0.4 is 0 Å². The minimum atomic E-state index is 0.428. The lowest BCUT2D eigenvalue weighted by Gasteiger charge is -2.25. The standard InChI is InChI=1S/C9H17ClO/c1-11-7-6-9(8-10)4-2-3-5-9/h2-8H2,1H3. The van der Waals surface area contributed by atoms with Gasteiger partial charge in [0.25, 0.3) is 0 Å². The zero-order valence-corrected chi connectivity index (χ0v) is 7.99. The first-order valence-corrected chi connectivity index (χ1v) is 4.91. The van der Waals surface area contributed by atoms with Gasteiger partial charge >= 0.3 is 0 Å². The van der Waals surface area contributed by atoms with E-state index in [2.05, 4.69) is 0 Å². The molecule has 1 saturated carbocycles. The number of halogens is 1. The quantitative estimate of drug-likeness (QED) is 0.599. The van der Waals surface area contributed by atoms with Crippen molar-refractivity contribution in [3.63, 3.8) is 0 Å². The molecule has 1 nitrogen and oxygen atoms in total. The maximum absolute atomic E-state index is 5.94. The van der Waals surface area contributed by atoms with E-state index in [0.29, 0.717) is 5.41 Å². The van der Waals surface area contributed by atoms with Gasteiger partial charge in [0.15, 0.2) is 0 Å². The van der Waals surface area contributed by atoms with E-state index < -0.39 is 0 Å². The molecule has 0 N–H and O–H groups in total. The van der Waals surface area contributed by atoms with Gasteiger partial charge in [0.05, 0.1) is 0 Å². The predicted octanol–water partition coefficient (Wildman–Crippen LogP) is 2.82. The molecule has 1 rings (SSSR count). The maximum Gasteiger partial charge on any atom is 0.0467 e. The van der Waals surface area contributed by atoms with Gasteiger partial charge < -0.3 is 4.74 Å². The Labute approximate surface area is 74.1 Å². The van der Waals surface area contributed by atoms with Crippen LogP contribution in [0.3, 0.4) is 0 Å². The molecule has 0 bridgehead atoms. The van der Waals surface area contributed by atoms with Gasteiger partial charge in [-0.25, -0.2) is 0 Å². The van der Waals surface area contributed by atoms with Crippen LogP contribution in [0.4, 0.5) is 0 Å². The van der Waals surface area contributed by atoms with Crippen molar-refractivity contribution in [2.75, 3.05) is 19.6 Å². The second-order valence-corrected chi connectivity index (χ2v) is 3.85. The molecule has 66 valence electrons. The van der Waals surface area contributed by atoms with Crippen LogP contribution >= 0.6 is 11.6 Å². The topological polar surface area (TPSA) is 9.23 Å². The summed E-state index contributed by atoms with van der Waals surface area (Å²) < 4.78 is 5.07. The molecule has 1 fully saturated rings. The van der Waals surface area contributed by atoms with Gasteiger partial charge in [0, 0.05) is 19.6 Å². The molecule has 0 aromatic heterocycles. The number of rotatable bonds is 4. The fraction of sp³-hybridized carbons (Fsp3) is 1.00. The molecule has 2 heteroatoms. The Morgan fingerprint density at radius 1 is 1.36 bits per heavy atom. The average molecular weight is 177 g/mol. The molecule has 0 saturated heterocycles. The van der Waals surface area contributed by atoms with Crippen LogP contribution in [0.15, 0.2) is 0 Å². The molecule has 0 aliphatic heterocycles. The molecule has 1 aliphatic rings. The van der Waals surface area contributed by atoms with Gasteiger partial charge in [-0.2, -0.15) is 0 Å². The van der Waals surface area contributed by atoms with Gasteiger partial charge in [-0.15, -0.1) is 11.6 Å². The number of alkyl halides is 1. The van der Waals surface area contributed by atoms with Crippen LogP contribution in [-0.2, 0) is 4.74 Å². The van der Waals surface area contributed by atoms with Crippen molar-refractivity contribution < 1.29 is 4.74 Å². The lowest BCUT2D eigenvalue weighted by Crippen LogP contribution is -2.20. The summed E-state index contributed by atoms with van der Waals surface area (Å²) in [5, 5.41) is 0. The fourth-order valence-electron chi connectivity index (χ4n) is 1.89. The summed E-state index contributed by atoms with van der Waals surface area (Å²) in [7, 11) is 1.76. The SMILES string of the molecule is COCCC1(CCl)CCCC1. The van der Waals surface area contributed by atoms with Crippen molar-refractivity contribution in [3.05, 3.63) is 0 Å². The highest BCUT2D eigenvalue weighted by atomic mass is 35.5. The van der Waals surface area contributed by atoms with Gasteiger partial charge in [0.2, 0.25) is 0 Å². The van der Waals surface area contributed by atoms with Crippen molar-refractivity contribution in [1.82, 2.24) is 0 Å². The predicted molar refractivity (Wildman–Crippen MR) is 48.1 cm³/mol. The summed E-state index contributed by atoms with van der Waals surface area (Å²) in [6.07, 6.45) is 6.47. The Bertz CT molecular complexity index is 108. The van der Waals surface area contributed by atoms with Gasteiger partial charge in [0.1, 0.15) is 0 Å². The summed E-state index contributed by atoms with van der Waals surface area (Å²) in [5.74, 6) is 0.816. The summed E-state index contributed by atoms with van der Waals surface area (Å²) in [4.78, 5) is 0. The number of hydrogen-bond donors (Lipinski definition) is 0. The van der Waals surface area contributed by atoms with Crippen LogP contribution in [0.5, 0.6) is 0 Å². The number of methoxy groups -OCH3 is 1. The van der Waals surface area contributed by atoms with Crippen molar-refractivity contribution >= 4 is 11.6 Å². The smallest absolute Gasteiger partial charge is 0.0467 e. The molecule has 1 aliphatic carbocycles. The number of ether oxygens (including phenoxy) is 1. The number of hydrogen-bond acceptors (Lipinski definition) is 1. The molecule has 0 aromatic carbocycles. The second-order valence-electron chi connectivity index (χ2n) is 3.58. The van der Waals surface area contributed by atoms with Gasteiger partial charge in [-0.1, -0.05) is 12.8 Å². The highest BCUT2D eigenvalue weighted by Crippen LogP contribution is 2.41. The van der Waals surface area contributed by atoms with E-state index in [1.54, 1.807) is 7.11 Å². The van der Waals surface area contributed by atoms with Crippen LogP contribution in [0, 0.1) is 5.41 Å². The summed E-state index contributed by atoms with van der Waals surface area (Å²) in [6, 6.07) is 0. The fourth-order valence-corrected chi connectivity index (χ4v) is 2.29. The molecular weight excluding hydrogens is 160 g/mol. The van der Waals surface area contributed by atoms with E-state index in [1.807, 2.05) is 0 Å². The molecule has 0 spiro atoms. The zero-order valence-electron chi connectivity index (χ0n) is 7.24. The first-order valence-electron chi connectivity index (χ1n) is 4.38. The minimum Gasteiger partial charge on any atom is -0.385 e. The van der Waals surface area contributed by atoms with Crippen molar-refractivity contribution in [2.24, 2.45) is 5.41 Å². The van der Waals surface area contributed by atoms with E-state index >= 15 is 0 Å². The Morgan fingerprint density at radius 3 is 2.45 bits per heavy atom. The van der Waals surface area contributed by atoms with Gasteiger partial charge in [-0.3, -0.25) is 0 Å². The van der Waals surface area contributed by atoms with E-state index in [-0.39, 0.29) is 0 Å². The Hall–Kier alpha value is 0.250. The van der Waals surface area contributed by atoms with E-state index in [9.17, 15) is 0 Å². The zero-order chi connectivity index (χ0) is 8.16. The Balaban J connectivity index is 2.33. The molecule has 0 aromatic rings. The molecule has 0 atom stereocenters. The average Bonchev–Trinajstić information content (AvgIpc) is 2.50. The van der Waals surface area contributed by atoms with Crippen molar-refractivity contribution in [2.45, 2.75) is 32.1 Å².